The molecule has 1 amide bonds. The Bertz CT molecular complexity index is 1250. The van der Waals surface area contributed by atoms with E-state index in [0.717, 1.165) is 11.1 Å². The van der Waals surface area contributed by atoms with E-state index in [1.165, 1.54) is 17.6 Å². The van der Waals surface area contributed by atoms with Gasteiger partial charge in [0.1, 0.15) is 28.6 Å². The van der Waals surface area contributed by atoms with Gasteiger partial charge >= 0.3 is 0 Å². The number of aromatic nitrogens is 2. The zero-order valence-electron chi connectivity index (χ0n) is 17.5. The van der Waals surface area contributed by atoms with E-state index in [-0.39, 0.29) is 23.6 Å². The maximum Gasteiger partial charge on any atom is 0.269 e. The van der Waals surface area contributed by atoms with Gasteiger partial charge in [-0.3, -0.25) is 14.0 Å². The van der Waals surface area contributed by atoms with Gasteiger partial charge in [0.25, 0.3) is 11.5 Å². The van der Waals surface area contributed by atoms with Crippen molar-refractivity contribution in [2.75, 3.05) is 20.3 Å². The number of nitrogens with one attached hydrogen (secondary N) is 1. The summed E-state index contributed by atoms with van der Waals surface area (Å²) in [7, 11) is 1.51. The fourth-order valence-corrected chi connectivity index (χ4v) is 2.94. The molecule has 2 aromatic heterocycles. The van der Waals surface area contributed by atoms with Gasteiger partial charge in [0, 0.05) is 19.9 Å². The molecule has 0 fully saturated rings. The van der Waals surface area contributed by atoms with Crippen LogP contribution in [0.25, 0.3) is 11.7 Å². The number of nitrogens with zero attached hydrogens (tertiary/aromatic N) is 3. The van der Waals surface area contributed by atoms with E-state index in [9.17, 15) is 14.9 Å². The molecular formula is C23H22N4O4. The average molecular weight is 418 g/mol. The molecule has 1 aromatic carbocycles. The first-order valence-electron chi connectivity index (χ1n) is 9.60. The summed E-state index contributed by atoms with van der Waals surface area (Å²) < 4.78 is 12.2. The summed E-state index contributed by atoms with van der Waals surface area (Å²) in [5.74, 6) is -0.111. The fourth-order valence-electron chi connectivity index (χ4n) is 2.94. The van der Waals surface area contributed by atoms with Gasteiger partial charge < -0.3 is 14.8 Å². The third-order valence-corrected chi connectivity index (χ3v) is 4.50. The van der Waals surface area contributed by atoms with Gasteiger partial charge in [-0.1, -0.05) is 18.2 Å². The maximum absolute atomic E-state index is 13.2. The molecule has 0 radical (unpaired) electrons. The van der Waals surface area contributed by atoms with Crippen LogP contribution in [0.4, 0.5) is 0 Å². The van der Waals surface area contributed by atoms with Crippen LogP contribution in [-0.2, 0) is 9.53 Å². The molecule has 0 aliphatic rings. The van der Waals surface area contributed by atoms with Crippen LogP contribution in [0, 0.1) is 25.2 Å². The van der Waals surface area contributed by atoms with Crippen LogP contribution in [-0.4, -0.2) is 35.6 Å². The Morgan fingerprint density at radius 3 is 2.81 bits per heavy atom. The number of rotatable bonds is 7. The molecular weight excluding hydrogens is 396 g/mol. The highest BCUT2D eigenvalue weighted by atomic mass is 16.5. The number of benzene rings is 1. The Morgan fingerprint density at radius 1 is 1.29 bits per heavy atom. The number of amides is 1. The predicted molar refractivity (Wildman–Crippen MR) is 116 cm³/mol. The first-order valence-corrected chi connectivity index (χ1v) is 9.60. The van der Waals surface area contributed by atoms with E-state index < -0.39 is 11.5 Å². The largest absolute Gasteiger partial charge is 0.438 e. The molecule has 2 heterocycles. The summed E-state index contributed by atoms with van der Waals surface area (Å²) in [5, 5.41) is 12.1. The summed E-state index contributed by atoms with van der Waals surface area (Å²) in [5.41, 5.74) is 1.49. The van der Waals surface area contributed by atoms with E-state index in [4.69, 9.17) is 9.47 Å². The van der Waals surface area contributed by atoms with Crippen molar-refractivity contribution in [1.82, 2.24) is 14.7 Å². The molecule has 0 bridgehead atoms. The minimum Gasteiger partial charge on any atom is -0.438 e. The van der Waals surface area contributed by atoms with Gasteiger partial charge in [-0.25, -0.2) is 0 Å². The lowest BCUT2D eigenvalue weighted by Crippen LogP contribution is -2.28. The number of carbonyl (C=O) groups excluding carboxylic acids is 1. The van der Waals surface area contributed by atoms with Crippen molar-refractivity contribution in [3.8, 4) is 17.7 Å². The molecule has 0 unspecified atom stereocenters. The van der Waals surface area contributed by atoms with Gasteiger partial charge in [0.15, 0.2) is 0 Å². The van der Waals surface area contributed by atoms with E-state index in [0.29, 0.717) is 18.0 Å². The van der Waals surface area contributed by atoms with Crippen molar-refractivity contribution in [2.45, 2.75) is 13.8 Å². The molecule has 0 aliphatic heterocycles. The number of carbonyl (C=O) groups is 1. The number of nitriles is 1. The zero-order chi connectivity index (χ0) is 22.4. The third-order valence-electron chi connectivity index (χ3n) is 4.50. The molecule has 0 aliphatic carbocycles. The van der Waals surface area contributed by atoms with E-state index in [2.05, 4.69) is 10.3 Å². The second-order valence-electron chi connectivity index (χ2n) is 6.86. The highest BCUT2D eigenvalue weighted by Crippen LogP contribution is 2.25. The lowest BCUT2D eigenvalue weighted by molar-refractivity contribution is -0.117. The Kier molecular flexibility index (Phi) is 6.80. The normalized spacial score (nSPS) is 11.2. The number of hydrogen-bond donors (Lipinski definition) is 1. The zero-order valence-corrected chi connectivity index (χ0v) is 17.5. The van der Waals surface area contributed by atoms with Crippen LogP contribution in [0.1, 0.15) is 16.7 Å². The Morgan fingerprint density at radius 2 is 2.10 bits per heavy atom. The topological polar surface area (TPSA) is 106 Å². The maximum atomic E-state index is 13.2. The van der Waals surface area contributed by atoms with Crippen molar-refractivity contribution in [1.29, 1.82) is 5.26 Å². The molecule has 8 heteroatoms. The third kappa shape index (κ3) is 4.97. The lowest BCUT2D eigenvalue weighted by atomic mass is 10.1. The summed E-state index contributed by atoms with van der Waals surface area (Å²) in [6.07, 6.45) is 2.79. The summed E-state index contributed by atoms with van der Waals surface area (Å²) in [6.45, 7) is 4.27. The quantitative estimate of drug-likeness (QED) is 0.359. The highest BCUT2D eigenvalue weighted by molar-refractivity contribution is 6.01. The van der Waals surface area contributed by atoms with Gasteiger partial charge in [0.05, 0.1) is 6.61 Å². The Labute approximate surface area is 179 Å². The molecule has 158 valence electrons. The minimum absolute atomic E-state index is 0.00282. The lowest BCUT2D eigenvalue weighted by Gasteiger charge is -2.12. The molecule has 8 nitrogen and oxygen atoms in total. The van der Waals surface area contributed by atoms with Crippen LogP contribution in [0.3, 0.4) is 0 Å². The van der Waals surface area contributed by atoms with E-state index in [1.54, 1.807) is 24.4 Å². The number of ether oxygens (including phenoxy) is 2. The van der Waals surface area contributed by atoms with Crippen LogP contribution >= 0.6 is 0 Å². The molecule has 0 saturated carbocycles. The fraction of sp³-hybridized carbons (Fsp3) is 0.217. The monoisotopic (exact) mass is 418 g/mol. The Hall–Kier alpha value is -3.96. The van der Waals surface area contributed by atoms with E-state index in [1.807, 2.05) is 38.1 Å². The summed E-state index contributed by atoms with van der Waals surface area (Å²) >= 11 is 0. The second-order valence-corrected chi connectivity index (χ2v) is 6.86. The van der Waals surface area contributed by atoms with Crippen molar-refractivity contribution in [2.24, 2.45) is 0 Å². The predicted octanol–water partition coefficient (Wildman–Crippen LogP) is 2.77. The molecule has 0 saturated heterocycles. The molecule has 3 aromatic rings. The van der Waals surface area contributed by atoms with Gasteiger partial charge in [0.2, 0.25) is 5.88 Å². The molecule has 1 N–H and O–H groups in total. The smallest absolute Gasteiger partial charge is 0.269 e. The molecule has 0 atom stereocenters. The highest BCUT2D eigenvalue weighted by Gasteiger charge is 2.18. The van der Waals surface area contributed by atoms with Gasteiger partial charge in [-0.2, -0.15) is 10.2 Å². The van der Waals surface area contributed by atoms with Crippen LogP contribution in [0.15, 0.2) is 53.0 Å². The minimum atomic E-state index is -0.616. The van der Waals surface area contributed by atoms with E-state index >= 15 is 0 Å². The first kappa shape index (κ1) is 21.7. The van der Waals surface area contributed by atoms with Crippen LogP contribution in [0.2, 0.25) is 0 Å². The summed E-state index contributed by atoms with van der Waals surface area (Å²) in [4.78, 5) is 30.1. The first-order chi connectivity index (χ1) is 14.9. The van der Waals surface area contributed by atoms with Crippen LogP contribution < -0.4 is 15.6 Å². The number of methoxy groups -OCH3 is 1. The SMILES string of the molecule is COCCNC(=O)/C(C#N)=C/c1c(Oc2cccc(C)c2)nc2c(C)cccn2c1=O. The standard InChI is InChI=1S/C23H22N4O4/c1-15-6-4-8-18(12-15)31-22-19(13-17(14-24)21(28)25-9-11-30-3)23(29)27-10-5-7-16(2)20(27)26-22/h4-8,10,12-13H,9,11H2,1-3H3,(H,25,28)/b17-13+. The van der Waals surface area contributed by atoms with Gasteiger partial charge in [-0.15, -0.1) is 0 Å². The van der Waals surface area contributed by atoms with Crippen LogP contribution in [0.5, 0.6) is 11.6 Å². The Balaban J connectivity index is 2.16. The number of pyridine rings is 1. The number of aryl methyl sites for hydroxylation is 2. The van der Waals surface area contributed by atoms with Crippen molar-refractivity contribution in [3.05, 3.63) is 75.2 Å². The molecule has 3 rings (SSSR count). The second kappa shape index (κ2) is 9.69. The number of hydrogen-bond acceptors (Lipinski definition) is 6. The van der Waals surface area contributed by atoms with Crippen molar-refractivity contribution < 1.29 is 14.3 Å². The number of fused-ring (bicyclic) bond motifs is 1. The van der Waals surface area contributed by atoms with Crippen molar-refractivity contribution >= 4 is 17.6 Å². The summed E-state index contributed by atoms with van der Waals surface area (Å²) in [6, 6.07) is 12.7. The average Bonchev–Trinajstić information content (AvgIpc) is 2.74. The molecule has 0 spiro atoms. The molecule has 31 heavy (non-hydrogen) atoms. The van der Waals surface area contributed by atoms with Gasteiger partial charge in [-0.05, 0) is 49.2 Å². The van der Waals surface area contributed by atoms with Crippen molar-refractivity contribution in [3.63, 3.8) is 0 Å².